The molecule has 2 fully saturated rings. The molecule has 1 aromatic heterocycles. The van der Waals surface area contributed by atoms with Crippen LogP contribution in [0.1, 0.15) is 38.6 Å². The Labute approximate surface area is 177 Å². The van der Waals surface area contributed by atoms with E-state index in [1.54, 1.807) is 0 Å². The summed E-state index contributed by atoms with van der Waals surface area (Å²) in [4.78, 5) is 24.8. The SMILES string of the molecule is CC1CCN(c2nnc(SCC(=O)Nc3cc([N+](=O)[O-])ccc3F)n2C2CC2)CC1. The van der Waals surface area contributed by atoms with Gasteiger partial charge in [0.25, 0.3) is 5.69 Å². The third-order valence-electron chi connectivity index (χ3n) is 5.39. The molecule has 1 amide bonds. The highest BCUT2D eigenvalue weighted by Gasteiger charge is 2.32. The second-order valence-corrected chi connectivity index (χ2v) is 8.75. The summed E-state index contributed by atoms with van der Waals surface area (Å²) >= 11 is 1.24. The molecule has 4 rings (SSSR count). The number of nitro benzene ring substituents is 1. The topological polar surface area (TPSA) is 106 Å². The third-order valence-corrected chi connectivity index (χ3v) is 6.34. The number of non-ortho nitro benzene ring substituents is 1. The Hall–Kier alpha value is -2.69. The molecule has 0 atom stereocenters. The number of hydrogen-bond donors (Lipinski definition) is 1. The number of rotatable bonds is 7. The van der Waals surface area contributed by atoms with Gasteiger partial charge < -0.3 is 10.2 Å². The standard InChI is InChI=1S/C19H23FN6O3S/c1-12-6-8-24(9-7-12)18-22-23-19(25(18)13-2-3-13)30-11-17(27)21-16-10-14(26(28)29)4-5-15(16)20/h4-5,10,12-13H,2-3,6-9,11H2,1H3,(H,21,27). The van der Waals surface area contributed by atoms with Crippen molar-refractivity contribution in [3.8, 4) is 0 Å². The fourth-order valence-corrected chi connectivity index (χ4v) is 4.28. The van der Waals surface area contributed by atoms with Crippen LogP contribution in [0.4, 0.5) is 21.7 Å². The molecule has 9 nitrogen and oxygen atoms in total. The zero-order chi connectivity index (χ0) is 21.3. The van der Waals surface area contributed by atoms with Gasteiger partial charge >= 0.3 is 0 Å². The van der Waals surface area contributed by atoms with Crippen LogP contribution in [-0.2, 0) is 4.79 Å². The molecule has 0 bridgehead atoms. The summed E-state index contributed by atoms with van der Waals surface area (Å²) in [6, 6.07) is 3.39. The molecule has 1 aromatic carbocycles. The Morgan fingerprint density at radius 1 is 1.30 bits per heavy atom. The minimum absolute atomic E-state index is 0.00399. The van der Waals surface area contributed by atoms with Crippen LogP contribution >= 0.6 is 11.8 Å². The van der Waals surface area contributed by atoms with E-state index in [-0.39, 0.29) is 17.1 Å². The summed E-state index contributed by atoms with van der Waals surface area (Å²) in [5, 5.41) is 22.6. The van der Waals surface area contributed by atoms with Crippen LogP contribution in [0.25, 0.3) is 0 Å². The minimum Gasteiger partial charge on any atom is -0.341 e. The largest absolute Gasteiger partial charge is 0.341 e. The maximum absolute atomic E-state index is 13.9. The van der Waals surface area contributed by atoms with E-state index in [1.807, 2.05) is 0 Å². The lowest BCUT2D eigenvalue weighted by atomic mass is 10.00. The molecule has 0 radical (unpaired) electrons. The predicted octanol–water partition coefficient (Wildman–Crippen LogP) is 3.63. The highest BCUT2D eigenvalue weighted by atomic mass is 32.2. The summed E-state index contributed by atoms with van der Waals surface area (Å²) in [5.41, 5.74) is -0.491. The number of halogens is 1. The summed E-state index contributed by atoms with van der Waals surface area (Å²) in [6.07, 6.45) is 4.37. The van der Waals surface area contributed by atoms with Crippen molar-refractivity contribution in [1.29, 1.82) is 0 Å². The van der Waals surface area contributed by atoms with E-state index in [2.05, 4.69) is 31.9 Å². The number of piperidine rings is 1. The number of anilines is 2. The zero-order valence-corrected chi connectivity index (χ0v) is 17.4. The van der Waals surface area contributed by atoms with Crippen molar-refractivity contribution in [2.45, 2.75) is 43.8 Å². The molecule has 1 saturated carbocycles. The lowest BCUT2D eigenvalue weighted by Gasteiger charge is -2.31. The predicted molar refractivity (Wildman–Crippen MR) is 111 cm³/mol. The molecule has 1 saturated heterocycles. The number of nitrogens with one attached hydrogen (secondary N) is 1. The number of aromatic nitrogens is 3. The molecule has 0 unspecified atom stereocenters. The van der Waals surface area contributed by atoms with E-state index < -0.39 is 16.6 Å². The average molecular weight is 434 g/mol. The van der Waals surface area contributed by atoms with Crippen molar-refractivity contribution in [3.63, 3.8) is 0 Å². The maximum Gasteiger partial charge on any atom is 0.271 e. The number of hydrogen-bond acceptors (Lipinski definition) is 7. The summed E-state index contributed by atoms with van der Waals surface area (Å²) in [6.45, 7) is 4.15. The molecule has 2 aromatic rings. The molecule has 0 spiro atoms. The first-order valence-electron chi connectivity index (χ1n) is 9.99. The van der Waals surface area contributed by atoms with Gasteiger partial charge in [0.05, 0.1) is 16.4 Å². The first-order valence-corrected chi connectivity index (χ1v) is 11.0. The van der Waals surface area contributed by atoms with Gasteiger partial charge in [-0.1, -0.05) is 18.7 Å². The molecule has 160 valence electrons. The van der Waals surface area contributed by atoms with E-state index in [4.69, 9.17) is 0 Å². The van der Waals surface area contributed by atoms with Gasteiger partial charge in [0, 0.05) is 31.3 Å². The Morgan fingerprint density at radius 2 is 2.03 bits per heavy atom. The Balaban J connectivity index is 1.42. The highest BCUT2D eigenvalue weighted by molar-refractivity contribution is 7.99. The number of thioether (sulfide) groups is 1. The van der Waals surface area contributed by atoms with Gasteiger partial charge in [0.15, 0.2) is 5.16 Å². The second-order valence-electron chi connectivity index (χ2n) is 7.81. The molecule has 2 aliphatic rings. The number of carbonyl (C=O) groups is 1. The van der Waals surface area contributed by atoms with Crippen LogP contribution in [0.5, 0.6) is 0 Å². The first kappa shape index (κ1) is 20.6. The Kier molecular flexibility index (Phi) is 5.89. The summed E-state index contributed by atoms with van der Waals surface area (Å²) in [5.74, 6) is 0.395. The first-order chi connectivity index (χ1) is 14.4. The number of amides is 1. The second kappa shape index (κ2) is 8.58. The van der Waals surface area contributed by atoms with Crippen LogP contribution < -0.4 is 10.2 Å². The number of nitrogens with zero attached hydrogens (tertiary/aromatic N) is 5. The van der Waals surface area contributed by atoms with Gasteiger partial charge in [0.1, 0.15) is 5.82 Å². The van der Waals surface area contributed by atoms with Gasteiger partial charge in [-0.25, -0.2) is 4.39 Å². The monoisotopic (exact) mass is 434 g/mol. The quantitative estimate of drug-likeness (QED) is 0.403. The van der Waals surface area contributed by atoms with Gasteiger partial charge in [-0.3, -0.25) is 19.5 Å². The number of nitro groups is 1. The number of carbonyl (C=O) groups excluding carboxylic acids is 1. The molecule has 1 aliphatic carbocycles. The van der Waals surface area contributed by atoms with Crippen molar-refractivity contribution in [1.82, 2.24) is 14.8 Å². The van der Waals surface area contributed by atoms with E-state index in [1.165, 1.54) is 11.8 Å². The lowest BCUT2D eigenvalue weighted by molar-refractivity contribution is -0.384. The van der Waals surface area contributed by atoms with Crippen LogP contribution in [0.15, 0.2) is 23.4 Å². The average Bonchev–Trinajstić information content (AvgIpc) is 3.47. The maximum atomic E-state index is 13.9. The van der Waals surface area contributed by atoms with Gasteiger partial charge in [0.2, 0.25) is 11.9 Å². The fourth-order valence-electron chi connectivity index (χ4n) is 3.48. The van der Waals surface area contributed by atoms with E-state index >= 15 is 0 Å². The highest BCUT2D eigenvalue weighted by Crippen LogP contribution is 2.41. The number of benzene rings is 1. The van der Waals surface area contributed by atoms with Gasteiger partial charge in [-0.15, -0.1) is 10.2 Å². The van der Waals surface area contributed by atoms with E-state index in [0.29, 0.717) is 17.1 Å². The lowest BCUT2D eigenvalue weighted by Crippen LogP contribution is -2.34. The van der Waals surface area contributed by atoms with Crippen LogP contribution in [-0.4, -0.2) is 44.4 Å². The summed E-state index contributed by atoms with van der Waals surface area (Å²) in [7, 11) is 0. The zero-order valence-electron chi connectivity index (χ0n) is 16.6. The molecular weight excluding hydrogens is 411 g/mol. The smallest absolute Gasteiger partial charge is 0.271 e. The van der Waals surface area contributed by atoms with Crippen LogP contribution in [0.3, 0.4) is 0 Å². The molecule has 11 heteroatoms. The molecule has 2 heterocycles. The Morgan fingerprint density at radius 3 is 2.70 bits per heavy atom. The van der Waals surface area contributed by atoms with Crippen LogP contribution in [0, 0.1) is 21.8 Å². The van der Waals surface area contributed by atoms with Gasteiger partial charge in [-0.2, -0.15) is 0 Å². The van der Waals surface area contributed by atoms with Crippen molar-refractivity contribution < 1.29 is 14.1 Å². The van der Waals surface area contributed by atoms with Gasteiger partial charge in [-0.05, 0) is 37.7 Å². The summed E-state index contributed by atoms with van der Waals surface area (Å²) < 4.78 is 16.0. The molecular formula is C19H23FN6O3S. The molecule has 30 heavy (non-hydrogen) atoms. The fraction of sp³-hybridized carbons (Fsp3) is 0.526. The van der Waals surface area contributed by atoms with Crippen molar-refractivity contribution in [3.05, 3.63) is 34.1 Å². The third kappa shape index (κ3) is 4.55. The van der Waals surface area contributed by atoms with E-state index in [9.17, 15) is 19.3 Å². The van der Waals surface area contributed by atoms with Crippen molar-refractivity contribution >= 4 is 35.0 Å². The molecule has 1 N–H and O–H groups in total. The molecule has 1 aliphatic heterocycles. The van der Waals surface area contributed by atoms with E-state index in [0.717, 1.165) is 62.9 Å². The van der Waals surface area contributed by atoms with Crippen molar-refractivity contribution in [2.24, 2.45) is 5.92 Å². The minimum atomic E-state index is -0.721. The van der Waals surface area contributed by atoms with Crippen LogP contribution in [0.2, 0.25) is 0 Å². The Bertz CT molecular complexity index is 956. The normalized spacial score (nSPS) is 17.2. The van der Waals surface area contributed by atoms with Crippen molar-refractivity contribution in [2.75, 3.05) is 29.1 Å².